The van der Waals surface area contributed by atoms with E-state index in [0.717, 1.165) is 93.9 Å². The van der Waals surface area contributed by atoms with Gasteiger partial charge in [0.2, 0.25) is 0 Å². The predicted molar refractivity (Wildman–Crippen MR) is 176 cm³/mol. The van der Waals surface area contributed by atoms with Crippen molar-refractivity contribution in [1.29, 1.82) is 0 Å². The highest BCUT2D eigenvalue weighted by Gasteiger charge is 2.58. The Morgan fingerprint density at radius 2 is 1.54 bits per heavy atom. The maximum atomic E-state index is 13.0. The van der Waals surface area contributed by atoms with Crippen molar-refractivity contribution >= 4 is 27.8 Å². The van der Waals surface area contributed by atoms with E-state index in [4.69, 9.17) is 4.74 Å². The van der Waals surface area contributed by atoms with Crippen LogP contribution >= 0.6 is 11.8 Å². The summed E-state index contributed by atoms with van der Waals surface area (Å²) < 4.78 is 135. The fourth-order valence-electron chi connectivity index (χ4n) is 8.75. The molecule has 4 rings (SSSR count). The van der Waals surface area contributed by atoms with Crippen molar-refractivity contribution in [3.05, 3.63) is 29.3 Å². The summed E-state index contributed by atoms with van der Waals surface area (Å²) in [5.41, 5.74) is -3.86. The zero-order chi connectivity index (χ0) is 37.0. The monoisotopic (exact) mass is 764 g/mol. The predicted octanol–water partition coefficient (Wildman–Crippen LogP) is 10.8. The highest BCUT2D eigenvalue weighted by molar-refractivity contribution is 7.99. The molecule has 2 fully saturated rings. The van der Waals surface area contributed by atoms with Gasteiger partial charge >= 0.3 is 33.7 Å². The van der Waals surface area contributed by atoms with Crippen LogP contribution in [0, 0.1) is 23.2 Å². The Labute approximate surface area is 294 Å². The Morgan fingerprint density at radius 3 is 2.18 bits per heavy atom. The number of esters is 1. The molecule has 15 heteroatoms. The fraction of sp³-hybridized carbons (Fsp3) is 0.800. The average Bonchev–Trinajstić information content (AvgIpc) is 3.32. The normalized spacial score (nSPS) is 27.0. The first-order chi connectivity index (χ1) is 23.3. The molecule has 6 atom stereocenters. The van der Waals surface area contributed by atoms with Crippen molar-refractivity contribution in [3.8, 4) is 5.75 Å². The van der Waals surface area contributed by atoms with Gasteiger partial charge in [0.1, 0.15) is 11.9 Å². The van der Waals surface area contributed by atoms with Crippen molar-refractivity contribution in [2.45, 2.75) is 140 Å². The molecule has 2 saturated carbocycles. The van der Waals surface area contributed by atoms with Crippen LogP contribution in [-0.4, -0.2) is 49.6 Å². The maximum absolute atomic E-state index is 13.0. The summed E-state index contributed by atoms with van der Waals surface area (Å²) in [7, 11) is -5.80. The molecular formula is C35H48F8O5S2. The number of carbonyl (C=O) groups is 1. The van der Waals surface area contributed by atoms with Crippen molar-refractivity contribution in [2.75, 3.05) is 11.5 Å². The molecule has 0 saturated heterocycles. The van der Waals surface area contributed by atoms with Crippen molar-refractivity contribution in [3.63, 3.8) is 0 Å². The number of rotatable bonds is 17. The molecule has 0 bridgehead atoms. The van der Waals surface area contributed by atoms with E-state index in [1.54, 1.807) is 6.07 Å². The summed E-state index contributed by atoms with van der Waals surface area (Å²) in [5, 5.41) is 0. The van der Waals surface area contributed by atoms with Gasteiger partial charge in [-0.05, 0) is 110 Å². The molecule has 1 aromatic carbocycles. The average molecular weight is 765 g/mol. The molecule has 0 spiro atoms. The molecule has 0 N–H and O–H groups in total. The van der Waals surface area contributed by atoms with Crippen LogP contribution in [0.15, 0.2) is 18.2 Å². The summed E-state index contributed by atoms with van der Waals surface area (Å²) in [6, 6.07) is 4.47. The van der Waals surface area contributed by atoms with Gasteiger partial charge in [0, 0.05) is 18.8 Å². The Morgan fingerprint density at radius 1 is 0.900 bits per heavy atom. The highest BCUT2D eigenvalue weighted by Crippen LogP contribution is 2.63. The number of alkyl halides is 8. The molecule has 1 aromatic rings. The second-order valence-corrected chi connectivity index (χ2v) is 17.3. The van der Waals surface area contributed by atoms with E-state index in [1.165, 1.54) is 30.8 Å². The van der Waals surface area contributed by atoms with Gasteiger partial charge in [-0.3, -0.25) is 4.79 Å². The lowest BCUT2D eigenvalue weighted by Gasteiger charge is -2.53. The van der Waals surface area contributed by atoms with Gasteiger partial charge in [-0.25, -0.2) is 0 Å². The Hall–Kier alpha value is -1.77. The van der Waals surface area contributed by atoms with E-state index < -0.39 is 34.1 Å². The molecule has 286 valence electrons. The van der Waals surface area contributed by atoms with Gasteiger partial charge in [-0.2, -0.15) is 55.3 Å². The van der Waals surface area contributed by atoms with Gasteiger partial charge in [0.25, 0.3) is 0 Å². The van der Waals surface area contributed by atoms with Crippen LogP contribution in [-0.2, 0) is 26.1 Å². The summed E-state index contributed by atoms with van der Waals surface area (Å²) in [4.78, 5) is 11.9. The number of benzene rings is 1. The summed E-state index contributed by atoms with van der Waals surface area (Å²) in [6.07, 6.45) is 4.65. The Balaban J connectivity index is 1.29. The highest BCUT2D eigenvalue weighted by atomic mass is 32.2. The topological polar surface area (TPSA) is 69.7 Å². The zero-order valence-electron chi connectivity index (χ0n) is 28.5. The van der Waals surface area contributed by atoms with Crippen LogP contribution in [0.4, 0.5) is 35.1 Å². The minimum atomic E-state index is -5.80. The Bertz CT molecular complexity index is 1400. The molecule has 0 amide bonds. The van der Waals surface area contributed by atoms with E-state index in [1.807, 2.05) is 0 Å². The molecule has 0 unspecified atom stereocenters. The number of fused-ring (bicyclic) bond motifs is 5. The van der Waals surface area contributed by atoms with Crippen LogP contribution in [0.3, 0.4) is 0 Å². The smallest absolute Gasteiger partial charge is 0.462 e. The SMILES string of the molecule is CC(=O)O[C@H]1CC[C@H]2[C@@H]3[C@H](CCCCCCCCCSCCCC(F)(F)C(F)(F)F)Cc4cc(OS(=O)(=O)C(F)(F)F)ccc4[C@H]3CC[C@]12C. The van der Waals surface area contributed by atoms with E-state index in [9.17, 15) is 48.3 Å². The van der Waals surface area contributed by atoms with E-state index in [0.29, 0.717) is 18.3 Å². The van der Waals surface area contributed by atoms with Crippen LogP contribution in [0.25, 0.3) is 0 Å². The molecule has 0 heterocycles. The second-order valence-electron chi connectivity index (χ2n) is 14.5. The van der Waals surface area contributed by atoms with E-state index in [2.05, 4.69) is 11.1 Å². The molecule has 0 aliphatic heterocycles. The van der Waals surface area contributed by atoms with Crippen molar-refractivity contribution < 1.29 is 57.3 Å². The largest absolute Gasteiger partial charge is 0.534 e. The van der Waals surface area contributed by atoms with Gasteiger partial charge in [-0.1, -0.05) is 51.5 Å². The van der Waals surface area contributed by atoms with Gasteiger partial charge in [-0.15, -0.1) is 0 Å². The maximum Gasteiger partial charge on any atom is 0.534 e. The molecule has 3 aliphatic carbocycles. The third kappa shape index (κ3) is 9.80. The minimum Gasteiger partial charge on any atom is -0.462 e. The number of thioether (sulfide) groups is 1. The standard InChI is InChI=1S/C35H48F8O5S2/c1-23(44)47-30-15-14-29-31-24(11-8-6-4-3-5-7-9-19-49-20-10-17-33(36,37)34(38,39)40)21-25-22-26(48-50(45,46)35(41,42)43)12-13-27(25)28(31)16-18-32(29,30)2/h12-13,22,24,28-31H,3-11,14-21H2,1-2H3/t24-,28-,29+,30+,31-,32+/m1/s1. The van der Waals surface area contributed by atoms with E-state index in [-0.39, 0.29) is 47.2 Å². The van der Waals surface area contributed by atoms with Crippen LogP contribution in [0.1, 0.15) is 121 Å². The number of halogens is 8. The molecule has 5 nitrogen and oxygen atoms in total. The number of unbranched alkanes of at least 4 members (excludes halogenated alkanes) is 6. The minimum absolute atomic E-state index is 0.158. The zero-order valence-corrected chi connectivity index (χ0v) is 30.2. The number of hydrogen-bond acceptors (Lipinski definition) is 6. The van der Waals surface area contributed by atoms with Crippen LogP contribution < -0.4 is 4.18 Å². The lowest BCUT2D eigenvalue weighted by Crippen LogP contribution is -2.48. The third-order valence-electron chi connectivity index (χ3n) is 11.1. The van der Waals surface area contributed by atoms with Crippen molar-refractivity contribution in [2.24, 2.45) is 23.2 Å². The Kier molecular flexibility index (Phi) is 13.5. The number of carbonyl (C=O) groups excluding carboxylic acids is 1. The fourth-order valence-corrected chi connectivity index (χ4v) is 10.2. The van der Waals surface area contributed by atoms with Crippen LogP contribution in [0.2, 0.25) is 0 Å². The van der Waals surface area contributed by atoms with Crippen LogP contribution in [0.5, 0.6) is 5.75 Å². The quantitative estimate of drug-likeness (QED) is 0.0517. The molecule has 0 radical (unpaired) electrons. The molecular weight excluding hydrogens is 716 g/mol. The first kappa shape index (κ1) is 41.0. The lowest BCUT2D eigenvalue weighted by atomic mass is 9.52. The lowest BCUT2D eigenvalue weighted by molar-refractivity contribution is -0.284. The molecule has 3 aliphatic rings. The summed E-state index contributed by atoms with van der Waals surface area (Å²) in [5.74, 6) is -3.31. The number of hydrogen-bond donors (Lipinski definition) is 0. The third-order valence-corrected chi connectivity index (χ3v) is 13.3. The first-order valence-corrected chi connectivity index (χ1v) is 20.2. The van der Waals surface area contributed by atoms with Gasteiger partial charge in [0.05, 0.1) is 0 Å². The molecule has 0 aromatic heterocycles. The molecule has 50 heavy (non-hydrogen) atoms. The summed E-state index contributed by atoms with van der Waals surface area (Å²) in [6.45, 7) is 3.64. The van der Waals surface area contributed by atoms with Gasteiger partial charge < -0.3 is 8.92 Å². The first-order valence-electron chi connectivity index (χ1n) is 17.6. The number of ether oxygens (including phenoxy) is 1. The van der Waals surface area contributed by atoms with Crippen molar-refractivity contribution in [1.82, 2.24) is 0 Å². The van der Waals surface area contributed by atoms with E-state index >= 15 is 0 Å². The second kappa shape index (κ2) is 16.5. The summed E-state index contributed by atoms with van der Waals surface area (Å²) >= 11 is 1.40. The van der Waals surface area contributed by atoms with Gasteiger partial charge in [0.15, 0.2) is 0 Å².